The van der Waals surface area contributed by atoms with Crippen molar-refractivity contribution >= 4 is 23.6 Å². The van der Waals surface area contributed by atoms with Crippen LogP contribution < -0.4 is 5.32 Å². The number of nitrogens with one attached hydrogen (secondary N) is 1. The number of rotatable bonds is 6. The molecule has 0 aromatic heterocycles. The third-order valence-electron chi connectivity index (χ3n) is 3.66. The summed E-state index contributed by atoms with van der Waals surface area (Å²) in [6, 6.07) is 5.79. The fourth-order valence-electron chi connectivity index (χ4n) is 2.50. The van der Waals surface area contributed by atoms with Crippen molar-refractivity contribution < 1.29 is 28.2 Å². The van der Waals surface area contributed by atoms with Gasteiger partial charge in [-0.05, 0) is 37.1 Å². The van der Waals surface area contributed by atoms with E-state index in [9.17, 15) is 18.4 Å². The molecule has 0 radical (unpaired) electrons. The van der Waals surface area contributed by atoms with Crippen LogP contribution in [0.1, 0.15) is 29.6 Å². The minimum absolute atomic E-state index is 0.179. The summed E-state index contributed by atoms with van der Waals surface area (Å²) in [4.78, 5) is 23.8. The molecule has 1 saturated heterocycles. The molecule has 8 heteroatoms. The van der Waals surface area contributed by atoms with Crippen molar-refractivity contribution in [1.29, 1.82) is 0 Å². The fraction of sp³-hybridized carbons (Fsp3) is 0.467. The van der Waals surface area contributed by atoms with Gasteiger partial charge in [0.1, 0.15) is 0 Å². The van der Waals surface area contributed by atoms with Gasteiger partial charge in [0.15, 0.2) is 0 Å². The number of halogens is 2. The normalized spacial score (nSPS) is 17.0. The van der Waals surface area contributed by atoms with Gasteiger partial charge in [0.2, 0.25) is 0 Å². The third-order valence-corrected chi connectivity index (χ3v) is 4.38. The first-order chi connectivity index (χ1) is 10.9. The first-order valence-electron chi connectivity index (χ1n) is 7.07. The lowest BCUT2D eigenvalue weighted by Crippen LogP contribution is -2.53. The average Bonchev–Trinajstić information content (AvgIpc) is 2.47. The van der Waals surface area contributed by atoms with Gasteiger partial charge in [-0.3, -0.25) is 9.59 Å². The molecule has 0 unspecified atom stereocenters. The summed E-state index contributed by atoms with van der Waals surface area (Å²) in [6.07, 6.45) is 0.663. The zero-order chi connectivity index (χ0) is 16.9. The van der Waals surface area contributed by atoms with E-state index in [2.05, 4.69) is 5.32 Å². The number of alkyl halides is 2. The summed E-state index contributed by atoms with van der Waals surface area (Å²) in [5.41, 5.74) is -0.530. The number of amides is 1. The Labute approximate surface area is 136 Å². The standard InChI is InChI=1S/C15H17F2NO4S/c16-14(17)23-11-3-1-10(2-4-11)13(21)18-15(9-12(19)20)5-7-22-8-6-15/h1-4,14H,5-9H2,(H,18,21)(H,19,20). The molecule has 0 atom stereocenters. The molecule has 0 spiro atoms. The number of carbonyl (C=O) groups excluding carboxylic acids is 1. The summed E-state index contributed by atoms with van der Waals surface area (Å²) < 4.78 is 29.8. The summed E-state index contributed by atoms with van der Waals surface area (Å²) in [6.45, 7) is 0.773. The number of ether oxygens (including phenoxy) is 1. The van der Waals surface area contributed by atoms with Crippen LogP contribution in [0.15, 0.2) is 29.2 Å². The minimum atomic E-state index is -2.52. The zero-order valence-corrected chi connectivity index (χ0v) is 13.1. The van der Waals surface area contributed by atoms with Crippen molar-refractivity contribution in [1.82, 2.24) is 5.32 Å². The Bertz CT molecular complexity index is 559. The second-order valence-corrected chi connectivity index (χ2v) is 6.38. The van der Waals surface area contributed by atoms with E-state index in [1.54, 1.807) is 0 Å². The topological polar surface area (TPSA) is 75.6 Å². The highest BCUT2D eigenvalue weighted by Crippen LogP contribution is 2.27. The molecule has 23 heavy (non-hydrogen) atoms. The number of thioether (sulfide) groups is 1. The van der Waals surface area contributed by atoms with Gasteiger partial charge >= 0.3 is 5.97 Å². The van der Waals surface area contributed by atoms with Crippen LogP contribution in [0, 0.1) is 0 Å². The lowest BCUT2D eigenvalue weighted by atomic mass is 9.86. The smallest absolute Gasteiger partial charge is 0.305 e. The highest BCUT2D eigenvalue weighted by Gasteiger charge is 2.36. The maximum Gasteiger partial charge on any atom is 0.305 e. The Morgan fingerprint density at radius 2 is 1.87 bits per heavy atom. The lowest BCUT2D eigenvalue weighted by Gasteiger charge is -2.36. The number of carboxylic acid groups (broad SMARTS) is 1. The van der Waals surface area contributed by atoms with E-state index in [0.717, 1.165) is 0 Å². The Hall–Kier alpha value is -1.67. The van der Waals surface area contributed by atoms with Crippen LogP contribution in [0.3, 0.4) is 0 Å². The SMILES string of the molecule is O=C(O)CC1(NC(=O)c2ccc(SC(F)F)cc2)CCOCC1. The molecule has 1 fully saturated rings. The largest absolute Gasteiger partial charge is 0.481 e. The molecule has 1 aliphatic rings. The Balaban J connectivity index is 2.07. The summed E-state index contributed by atoms with van der Waals surface area (Å²) in [7, 11) is 0. The molecule has 0 saturated carbocycles. The first kappa shape index (κ1) is 17.7. The summed E-state index contributed by atoms with van der Waals surface area (Å²) in [5.74, 6) is -3.92. The minimum Gasteiger partial charge on any atom is -0.481 e. The van der Waals surface area contributed by atoms with E-state index in [1.807, 2.05) is 0 Å². The molecule has 1 aromatic rings. The van der Waals surface area contributed by atoms with Crippen molar-refractivity contribution in [3.63, 3.8) is 0 Å². The Morgan fingerprint density at radius 1 is 1.26 bits per heavy atom. The highest BCUT2D eigenvalue weighted by molar-refractivity contribution is 7.99. The number of aliphatic carboxylic acids is 1. The van der Waals surface area contributed by atoms with Gasteiger partial charge in [-0.15, -0.1) is 0 Å². The first-order valence-corrected chi connectivity index (χ1v) is 7.95. The van der Waals surface area contributed by atoms with E-state index < -0.39 is 23.2 Å². The molecule has 1 heterocycles. The Kier molecular flexibility index (Phi) is 5.95. The van der Waals surface area contributed by atoms with Crippen LogP contribution in [0.25, 0.3) is 0 Å². The average molecular weight is 345 g/mol. The van der Waals surface area contributed by atoms with Gasteiger partial charge in [-0.1, -0.05) is 11.8 Å². The van der Waals surface area contributed by atoms with Gasteiger partial charge in [0.05, 0.1) is 12.0 Å². The predicted octanol–water partition coefficient (Wildman–Crippen LogP) is 2.76. The molecule has 5 nitrogen and oxygen atoms in total. The van der Waals surface area contributed by atoms with Gasteiger partial charge in [-0.25, -0.2) is 0 Å². The predicted molar refractivity (Wildman–Crippen MR) is 80.8 cm³/mol. The summed E-state index contributed by atoms with van der Waals surface area (Å²) >= 11 is 0.403. The fourth-order valence-corrected chi connectivity index (χ4v) is 3.00. The molecule has 1 aliphatic heterocycles. The van der Waals surface area contributed by atoms with E-state index in [0.29, 0.717) is 48.3 Å². The number of benzene rings is 1. The van der Waals surface area contributed by atoms with Crippen LogP contribution in [0.5, 0.6) is 0 Å². The highest BCUT2D eigenvalue weighted by atomic mass is 32.2. The quantitative estimate of drug-likeness (QED) is 0.776. The maximum atomic E-state index is 12.3. The van der Waals surface area contributed by atoms with Crippen molar-refractivity contribution in [3.05, 3.63) is 29.8 Å². The molecular formula is C15H17F2NO4S. The van der Waals surface area contributed by atoms with Crippen LogP contribution in [0.2, 0.25) is 0 Å². The van der Waals surface area contributed by atoms with Gasteiger partial charge in [0.25, 0.3) is 11.7 Å². The molecular weight excluding hydrogens is 328 g/mol. The van der Waals surface area contributed by atoms with E-state index in [-0.39, 0.29) is 6.42 Å². The van der Waals surface area contributed by atoms with E-state index >= 15 is 0 Å². The molecule has 126 valence electrons. The number of hydrogen-bond donors (Lipinski definition) is 2. The van der Waals surface area contributed by atoms with Crippen molar-refractivity contribution in [3.8, 4) is 0 Å². The number of carboxylic acids is 1. The maximum absolute atomic E-state index is 12.3. The van der Waals surface area contributed by atoms with E-state index in [4.69, 9.17) is 9.84 Å². The lowest BCUT2D eigenvalue weighted by molar-refractivity contribution is -0.139. The van der Waals surface area contributed by atoms with Crippen molar-refractivity contribution in [2.75, 3.05) is 13.2 Å². The number of hydrogen-bond acceptors (Lipinski definition) is 4. The monoisotopic (exact) mass is 345 g/mol. The number of carbonyl (C=O) groups is 2. The molecule has 1 aromatic carbocycles. The van der Waals surface area contributed by atoms with Gasteiger partial charge < -0.3 is 15.2 Å². The van der Waals surface area contributed by atoms with Crippen LogP contribution in [-0.2, 0) is 9.53 Å². The Morgan fingerprint density at radius 3 is 2.39 bits per heavy atom. The van der Waals surface area contributed by atoms with Gasteiger partial charge in [-0.2, -0.15) is 8.78 Å². The molecule has 0 bridgehead atoms. The molecule has 2 N–H and O–H groups in total. The van der Waals surface area contributed by atoms with Crippen LogP contribution in [0.4, 0.5) is 8.78 Å². The van der Waals surface area contributed by atoms with Crippen LogP contribution in [-0.4, -0.2) is 41.5 Å². The van der Waals surface area contributed by atoms with Crippen molar-refractivity contribution in [2.24, 2.45) is 0 Å². The second kappa shape index (κ2) is 7.74. The van der Waals surface area contributed by atoms with Gasteiger partial charge in [0, 0.05) is 23.7 Å². The second-order valence-electron chi connectivity index (χ2n) is 5.32. The molecule has 2 rings (SSSR count). The van der Waals surface area contributed by atoms with Crippen LogP contribution >= 0.6 is 11.8 Å². The van der Waals surface area contributed by atoms with E-state index in [1.165, 1.54) is 24.3 Å². The zero-order valence-electron chi connectivity index (χ0n) is 12.3. The summed E-state index contributed by atoms with van der Waals surface area (Å²) in [5, 5.41) is 11.9. The van der Waals surface area contributed by atoms with Crippen molar-refractivity contribution in [2.45, 2.75) is 35.5 Å². The third kappa shape index (κ3) is 5.18. The molecule has 1 amide bonds. The molecule has 0 aliphatic carbocycles.